The molecule has 0 bridgehead atoms. The molecule has 2 atom stereocenters. The highest BCUT2D eigenvalue weighted by Crippen LogP contribution is 2.16. The van der Waals surface area contributed by atoms with Gasteiger partial charge < -0.3 is 5.32 Å². The van der Waals surface area contributed by atoms with E-state index in [0.29, 0.717) is 17.6 Å². The van der Waals surface area contributed by atoms with Gasteiger partial charge in [-0.1, -0.05) is 27.7 Å². The molecular formula is C13H29NO2S. The largest absolute Gasteiger partial charge is 0.316 e. The molecule has 1 N–H and O–H groups in total. The van der Waals surface area contributed by atoms with Crippen LogP contribution in [0.25, 0.3) is 0 Å². The minimum absolute atomic E-state index is 0.273. The normalized spacial score (nSPS) is 15.8. The Morgan fingerprint density at radius 3 is 2.29 bits per heavy atom. The van der Waals surface area contributed by atoms with Crippen LogP contribution >= 0.6 is 0 Å². The Hall–Kier alpha value is -0.0900. The molecule has 0 rings (SSSR count). The fourth-order valence-corrected chi connectivity index (χ4v) is 2.66. The van der Waals surface area contributed by atoms with Crippen molar-refractivity contribution < 1.29 is 8.42 Å². The first-order valence-electron chi connectivity index (χ1n) is 6.84. The average molecular weight is 263 g/mol. The van der Waals surface area contributed by atoms with Crippen LogP contribution in [0.1, 0.15) is 47.0 Å². The van der Waals surface area contributed by atoms with Crippen LogP contribution in [0.3, 0.4) is 0 Å². The van der Waals surface area contributed by atoms with E-state index in [1.807, 2.05) is 0 Å². The first-order valence-corrected chi connectivity index (χ1v) is 8.66. The van der Waals surface area contributed by atoms with E-state index in [0.717, 1.165) is 32.4 Å². The first-order chi connectivity index (χ1) is 7.93. The predicted octanol–water partition coefficient (Wildman–Crippen LogP) is 2.47. The van der Waals surface area contributed by atoms with Gasteiger partial charge in [-0.05, 0) is 44.2 Å². The Morgan fingerprint density at radius 2 is 1.76 bits per heavy atom. The maximum absolute atomic E-state index is 11.3. The fourth-order valence-electron chi connectivity index (χ4n) is 1.76. The number of hydrogen-bond acceptors (Lipinski definition) is 3. The number of nitrogens with one attached hydrogen (secondary N) is 1. The van der Waals surface area contributed by atoms with Gasteiger partial charge in [-0.3, -0.25) is 0 Å². The lowest BCUT2D eigenvalue weighted by Crippen LogP contribution is -2.26. The molecule has 4 heteroatoms. The third-order valence-corrected chi connectivity index (χ3v) is 5.21. The second-order valence-electron chi connectivity index (χ2n) is 5.04. The second-order valence-corrected chi connectivity index (χ2v) is 7.51. The van der Waals surface area contributed by atoms with E-state index in [9.17, 15) is 8.42 Å². The van der Waals surface area contributed by atoms with Gasteiger partial charge in [0.15, 0.2) is 0 Å². The first kappa shape index (κ1) is 16.9. The molecule has 3 nitrogen and oxygen atoms in total. The molecule has 0 aliphatic heterocycles. The fraction of sp³-hybridized carbons (Fsp3) is 1.00. The van der Waals surface area contributed by atoms with Gasteiger partial charge in [0.2, 0.25) is 0 Å². The molecule has 0 spiro atoms. The number of rotatable bonds is 10. The Balaban J connectivity index is 3.74. The Kier molecular flexibility index (Phi) is 8.88. The van der Waals surface area contributed by atoms with Crippen LogP contribution < -0.4 is 5.32 Å². The van der Waals surface area contributed by atoms with Crippen LogP contribution in [-0.2, 0) is 9.84 Å². The van der Waals surface area contributed by atoms with E-state index in [-0.39, 0.29) is 5.75 Å². The lowest BCUT2D eigenvalue weighted by atomic mass is 9.92. The summed E-state index contributed by atoms with van der Waals surface area (Å²) in [5.74, 6) is 1.83. The summed E-state index contributed by atoms with van der Waals surface area (Å²) in [6.45, 7) is 10.4. The van der Waals surface area contributed by atoms with Gasteiger partial charge >= 0.3 is 0 Å². The smallest absolute Gasteiger partial charge is 0.150 e. The van der Waals surface area contributed by atoms with E-state index in [2.05, 4.69) is 26.1 Å². The molecule has 0 aromatic rings. The maximum Gasteiger partial charge on any atom is 0.150 e. The molecule has 0 aliphatic rings. The van der Waals surface area contributed by atoms with Gasteiger partial charge in [-0.25, -0.2) is 8.42 Å². The van der Waals surface area contributed by atoms with Crippen LogP contribution in [-0.4, -0.2) is 33.0 Å². The summed E-state index contributed by atoms with van der Waals surface area (Å²) in [4.78, 5) is 0. The van der Waals surface area contributed by atoms with Crippen molar-refractivity contribution in [2.45, 2.75) is 47.0 Å². The quantitative estimate of drug-likeness (QED) is 0.616. The molecule has 0 aromatic carbocycles. The molecule has 2 unspecified atom stereocenters. The summed E-state index contributed by atoms with van der Waals surface area (Å²) >= 11 is 0. The zero-order valence-electron chi connectivity index (χ0n) is 11.8. The van der Waals surface area contributed by atoms with Gasteiger partial charge in [0.25, 0.3) is 0 Å². The van der Waals surface area contributed by atoms with E-state index < -0.39 is 9.84 Å². The number of hydrogen-bond donors (Lipinski definition) is 1. The van der Waals surface area contributed by atoms with Crippen LogP contribution in [0.5, 0.6) is 0 Å². The molecule has 0 aliphatic carbocycles. The minimum Gasteiger partial charge on any atom is -0.316 e. The van der Waals surface area contributed by atoms with Crippen molar-refractivity contribution in [1.82, 2.24) is 5.32 Å². The Labute approximate surface area is 107 Å². The van der Waals surface area contributed by atoms with E-state index in [1.165, 1.54) is 0 Å². The summed E-state index contributed by atoms with van der Waals surface area (Å²) in [5.41, 5.74) is 0. The monoisotopic (exact) mass is 263 g/mol. The van der Waals surface area contributed by atoms with E-state index in [1.54, 1.807) is 6.92 Å². The third kappa shape index (κ3) is 8.61. The van der Waals surface area contributed by atoms with Crippen LogP contribution in [0, 0.1) is 11.8 Å². The highest BCUT2D eigenvalue weighted by atomic mass is 32.2. The van der Waals surface area contributed by atoms with Crippen molar-refractivity contribution in [3.8, 4) is 0 Å². The molecule has 0 aromatic heterocycles. The van der Waals surface area contributed by atoms with Crippen LogP contribution in [0.15, 0.2) is 0 Å². The molecule has 0 radical (unpaired) electrons. The molecule has 0 saturated heterocycles. The van der Waals surface area contributed by atoms with Crippen molar-refractivity contribution >= 4 is 9.84 Å². The topological polar surface area (TPSA) is 46.2 Å². The Morgan fingerprint density at radius 1 is 1.12 bits per heavy atom. The highest BCUT2D eigenvalue weighted by molar-refractivity contribution is 7.91. The van der Waals surface area contributed by atoms with E-state index in [4.69, 9.17) is 0 Å². The predicted molar refractivity (Wildman–Crippen MR) is 75.1 cm³/mol. The summed E-state index contributed by atoms with van der Waals surface area (Å²) < 4.78 is 22.7. The molecule has 0 amide bonds. The maximum atomic E-state index is 11.3. The summed E-state index contributed by atoms with van der Waals surface area (Å²) in [5, 5.41) is 3.42. The van der Waals surface area contributed by atoms with Gasteiger partial charge in [0.1, 0.15) is 9.84 Å². The SMILES string of the molecule is CCCNCC(C)C(C)CCCS(=O)(=O)CC. The molecule has 0 saturated carbocycles. The van der Waals surface area contributed by atoms with Crippen molar-refractivity contribution in [1.29, 1.82) is 0 Å². The highest BCUT2D eigenvalue weighted by Gasteiger charge is 2.13. The van der Waals surface area contributed by atoms with Crippen molar-refractivity contribution in [2.24, 2.45) is 11.8 Å². The van der Waals surface area contributed by atoms with Crippen molar-refractivity contribution in [3.05, 3.63) is 0 Å². The summed E-state index contributed by atoms with van der Waals surface area (Å²) in [6, 6.07) is 0. The average Bonchev–Trinajstić information content (AvgIpc) is 2.29. The second kappa shape index (κ2) is 8.92. The third-order valence-electron chi connectivity index (χ3n) is 3.42. The van der Waals surface area contributed by atoms with Gasteiger partial charge in [-0.2, -0.15) is 0 Å². The van der Waals surface area contributed by atoms with Gasteiger partial charge in [0.05, 0.1) is 5.75 Å². The van der Waals surface area contributed by atoms with Crippen LogP contribution in [0.2, 0.25) is 0 Å². The van der Waals surface area contributed by atoms with E-state index >= 15 is 0 Å². The lowest BCUT2D eigenvalue weighted by molar-refractivity contribution is 0.345. The molecule has 0 heterocycles. The van der Waals surface area contributed by atoms with Crippen molar-refractivity contribution in [3.63, 3.8) is 0 Å². The molecule has 17 heavy (non-hydrogen) atoms. The molecule has 0 fully saturated rings. The Bertz CT molecular complexity index is 275. The molecule has 104 valence electrons. The standard InChI is InChI=1S/C13H29NO2S/c1-5-9-14-11-13(4)12(3)8-7-10-17(15,16)6-2/h12-14H,5-11H2,1-4H3. The van der Waals surface area contributed by atoms with Gasteiger partial charge in [0, 0.05) is 5.75 Å². The lowest BCUT2D eigenvalue weighted by Gasteiger charge is -2.20. The van der Waals surface area contributed by atoms with Gasteiger partial charge in [-0.15, -0.1) is 0 Å². The summed E-state index contributed by atoms with van der Waals surface area (Å²) in [6.07, 6.45) is 2.97. The minimum atomic E-state index is -2.78. The number of sulfone groups is 1. The zero-order valence-corrected chi connectivity index (χ0v) is 12.6. The summed E-state index contributed by atoms with van der Waals surface area (Å²) in [7, 11) is -2.78. The zero-order chi connectivity index (χ0) is 13.3. The van der Waals surface area contributed by atoms with Crippen molar-refractivity contribution in [2.75, 3.05) is 24.6 Å². The van der Waals surface area contributed by atoms with Crippen LogP contribution in [0.4, 0.5) is 0 Å². The molecular weight excluding hydrogens is 234 g/mol.